The van der Waals surface area contributed by atoms with E-state index < -0.39 is 0 Å². The first kappa shape index (κ1) is 22.1. The second-order valence-corrected chi connectivity index (χ2v) is 10.1. The molecule has 0 bridgehead atoms. The van der Waals surface area contributed by atoms with Gasteiger partial charge in [0.25, 0.3) is 0 Å². The molecule has 1 amide bonds. The van der Waals surface area contributed by atoms with Crippen LogP contribution in [-0.2, 0) is 11.2 Å². The van der Waals surface area contributed by atoms with E-state index in [-0.39, 0.29) is 11.7 Å². The Morgan fingerprint density at radius 1 is 0.909 bits per heavy atom. The second-order valence-electron chi connectivity index (χ2n) is 9.10. The Kier molecular flexibility index (Phi) is 6.74. The summed E-state index contributed by atoms with van der Waals surface area (Å²) in [5.74, 6) is 0.844. The third kappa shape index (κ3) is 5.28. The summed E-state index contributed by atoms with van der Waals surface area (Å²) in [6.07, 6.45) is 0.502. The third-order valence-electron chi connectivity index (χ3n) is 6.98. The molecule has 2 saturated heterocycles. The van der Waals surface area contributed by atoms with Crippen molar-refractivity contribution in [3.05, 3.63) is 88.4 Å². The van der Waals surface area contributed by atoms with Gasteiger partial charge in [-0.2, -0.15) is 0 Å². The molecule has 33 heavy (non-hydrogen) atoms. The lowest BCUT2D eigenvalue weighted by molar-refractivity contribution is -0.129. The smallest absolute Gasteiger partial charge is 0.227 e. The first-order chi connectivity index (χ1) is 16.2. The van der Waals surface area contributed by atoms with E-state index in [1.165, 1.54) is 17.7 Å². The monoisotopic (exact) mass is 463 g/mol. The van der Waals surface area contributed by atoms with Gasteiger partial charge in [-0.25, -0.2) is 4.39 Å². The molecule has 0 saturated carbocycles. The Bertz CT molecular complexity index is 1030. The minimum atomic E-state index is -0.191. The Morgan fingerprint density at radius 2 is 1.67 bits per heavy atom. The van der Waals surface area contributed by atoms with Gasteiger partial charge in [0.15, 0.2) is 0 Å². The lowest BCUT2D eigenvalue weighted by Crippen LogP contribution is -2.48. The maximum Gasteiger partial charge on any atom is 0.227 e. The zero-order valence-corrected chi connectivity index (χ0v) is 19.6. The number of halogens is 1. The molecule has 5 rings (SSSR count). The number of thiophene rings is 1. The molecule has 2 unspecified atom stereocenters. The molecule has 4 nitrogen and oxygen atoms in total. The highest BCUT2D eigenvalue weighted by atomic mass is 32.1. The summed E-state index contributed by atoms with van der Waals surface area (Å²) in [4.78, 5) is 21.1. The zero-order valence-electron chi connectivity index (χ0n) is 18.8. The summed E-state index contributed by atoms with van der Waals surface area (Å²) in [6.45, 7) is 6.47. The number of nitrogens with zero attached hydrogens (tertiary/aromatic N) is 3. The quantitative estimate of drug-likeness (QED) is 0.539. The fraction of sp³-hybridized carbons (Fsp3) is 0.370. The summed E-state index contributed by atoms with van der Waals surface area (Å²) in [7, 11) is 0. The highest BCUT2D eigenvalue weighted by Gasteiger charge is 2.37. The first-order valence-corrected chi connectivity index (χ1v) is 12.6. The van der Waals surface area contributed by atoms with E-state index in [0.29, 0.717) is 18.3 Å². The number of carbonyl (C=O) groups excluding carboxylic acids is 1. The molecule has 0 spiro atoms. The van der Waals surface area contributed by atoms with Crippen LogP contribution in [0, 0.1) is 11.7 Å². The van der Waals surface area contributed by atoms with Gasteiger partial charge in [0.2, 0.25) is 5.91 Å². The fourth-order valence-electron chi connectivity index (χ4n) is 5.18. The number of benzene rings is 2. The molecule has 2 aromatic carbocycles. The van der Waals surface area contributed by atoms with Crippen LogP contribution in [-0.4, -0.2) is 61.5 Å². The average molecular weight is 464 g/mol. The van der Waals surface area contributed by atoms with Gasteiger partial charge in [0.1, 0.15) is 5.82 Å². The van der Waals surface area contributed by atoms with Crippen molar-refractivity contribution in [1.82, 2.24) is 9.80 Å². The van der Waals surface area contributed by atoms with Crippen molar-refractivity contribution in [3.63, 3.8) is 0 Å². The summed E-state index contributed by atoms with van der Waals surface area (Å²) < 4.78 is 13.3. The van der Waals surface area contributed by atoms with E-state index in [0.717, 1.165) is 56.4 Å². The van der Waals surface area contributed by atoms with Gasteiger partial charge in [-0.15, -0.1) is 11.3 Å². The predicted molar refractivity (Wildman–Crippen MR) is 132 cm³/mol. The van der Waals surface area contributed by atoms with Gasteiger partial charge in [-0.05, 0) is 47.2 Å². The Morgan fingerprint density at radius 3 is 2.36 bits per heavy atom. The largest absolute Gasteiger partial charge is 0.369 e. The number of carbonyl (C=O) groups is 1. The highest BCUT2D eigenvalue weighted by Crippen LogP contribution is 2.34. The second kappa shape index (κ2) is 10.1. The molecule has 1 aromatic heterocycles. The topological polar surface area (TPSA) is 26.8 Å². The number of likely N-dealkylation sites (tertiary alicyclic amines) is 1. The predicted octanol–water partition coefficient (Wildman–Crippen LogP) is 4.49. The van der Waals surface area contributed by atoms with Crippen LogP contribution >= 0.6 is 11.3 Å². The molecule has 2 aliphatic rings. The minimum absolute atomic E-state index is 0.191. The summed E-state index contributed by atoms with van der Waals surface area (Å²) in [5.41, 5.74) is 2.42. The third-order valence-corrected chi connectivity index (χ3v) is 7.86. The SMILES string of the molecule is O=C(Cc1cccs1)N1CC(CN2CCN(c3ccc(F)cc3)CC2)C(c2ccccc2)C1. The molecule has 2 fully saturated rings. The number of rotatable bonds is 6. The average Bonchev–Trinajstić information content (AvgIpc) is 3.51. The first-order valence-electron chi connectivity index (χ1n) is 11.7. The molecule has 2 atom stereocenters. The number of hydrogen-bond donors (Lipinski definition) is 0. The van der Waals surface area contributed by atoms with Crippen LogP contribution in [0.1, 0.15) is 16.4 Å². The van der Waals surface area contributed by atoms with Crippen LogP contribution in [0.4, 0.5) is 10.1 Å². The van der Waals surface area contributed by atoms with Crippen molar-refractivity contribution in [2.24, 2.45) is 5.92 Å². The maximum absolute atomic E-state index is 13.3. The molecular weight excluding hydrogens is 433 g/mol. The van der Waals surface area contributed by atoms with Crippen molar-refractivity contribution in [3.8, 4) is 0 Å². The molecule has 172 valence electrons. The van der Waals surface area contributed by atoms with E-state index in [4.69, 9.17) is 0 Å². The number of amides is 1. The van der Waals surface area contributed by atoms with Crippen molar-refractivity contribution < 1.29 is 9.18 Å². The van der Waals surface area contributed by atoms with Crippen LogP contribution < -0.4 is 4.90 Å². The van der Waals surface area contributed by atoms with Crippen molar-refractivity contribution in [1.29, 1.82) is 0 Å². The minimum Gasteiger partial charge on any atom is -0.369 e. The van der Waals surface area contributed by atoms with E-state index in [1.807, 2.05) is 29.6 Å². The van der Waals surface area contributed by atoms with Crippen molar-refractivity contribution >= 4 is 22.9 Å². The van der Waals surface area contributed by atoms with Gasteiger partial charge in [0, 0.05) is 62.3 Å². The summed E-state index contributed by atoms with van der Waals surface area (Å²) in [5, 5.41) is 2.04. The van der Waals surface area contributed by atoms with E-state index in [1.54, 1.807) is 11.3 Å². The van der Waals surface area contributed by atoms with E-state index >= 15 is 0 Å². The summed E-state index contributed by atoms with van der Waals surface area (Å²) in [6, 6.07) is 21.5. The van der Waals surface area contributed by atoms with Gasteiger partial charge >= 0.3 is 0 Å². The Labute approximate surface area is 199 Å². The Balaban J connectivity index is 1.23. The molecule has 0 aliphatic carbocycles. The van der Waals surface area contributed by atoms with Crippen molar-refractivity contribution in [2.75, 3.05) is 50.7 Å². The molecule has 0 radical (unpaired) electrons. The van der Waals surface area contributed by atoms with Crippen LogP contribution in [0.25, 0.3) is 0 Å². The van der Waals surface area contributed by atoms with Gasteiger partial charge in [0.05, 0.1) is 6.42 Å². The van der Waals surface area contributed by atoms with Gasteiger partial charge in [-0.1, -0.05) is 36.4 Å². The number of piperazine rings is 1. The van der Waals surface area contributed by atoms with E-state index in [2.05, 4.69) is 45.0 Å². The van der Waals surface area contributed by atoms with Crippen LogP contribution in [0.15, 0.2) is 72.1 Å². The number of anilines is 1. The molecule has 3 heterocycles. The van der Waals surface area contributed by atoms with Crippen LogP contribution in [0.2, 0.25) is 0 Å². The van der Waals surface area contributed by atoms with Gasteiger partial charge < -0.3 is 9.80 Å². The lowest BCUT2D eigenvalue weighted by atomic mass is 9.88. The zero-order chi connectivity index (χ0) is 22.6. The molecule has 6 heteroatoms. The summed E-state index contributed by atoms with van der Waals surface area (Å²) >= 11 is 1.65. The lowest BCUT2D eigenvalue weighted by Gasteiger charge is -2.37. The molecular formula is C27H30FN3OS. The number of hydrogen-bond acceptors (Lipinski definition) is 4. The molecule has 3 aromatic rings. The highest BCUT2D eigenvalue weighted by molar-refractivity contribution is 7.10. The Hall–Kier alpha value is -2.70. The molecule has 2 aliphatic heterocycles. The maximum atomic E-state index is 13.3. The van der Waals surface area contributed by atoms with E-state index in [9.17, 15) is 9.18 Å². The standard InChI is InChI=1S/C27H30FN3OS/c28-23-8-10-24(11-9-23)30-14-12-29(13-15-30)18-22-19-31(27(32)17-25-7-4-16-33-25)20-26(22)21-5-2-1-3-6-21/h1-11,16,22,26H,12-15,17-20H2. The van der Waals surface area contributed by atoms with Crippen LogP contribution in [0.3, 0.4) is 0 Å². The van der Waals surface area contributed by atoms with Gasteiger partial charge in [-0.3, -0.25) is 9.69 Å². The van der Waals surface area contributed by atoms with Crippen LogP contribution in [0.5, 0.6) is 0 Å². The normalized spacial score (nSPS) is 21.5. The van der Waals surface area contributed by atoms with Crippen molar-refractivity contribution in [2.45, 2.75) is 12.3 Å². The molecule has 0 N–H and O–H groups in total. The fourth-order valence-corrected chi connectivity index (χ4v) is 5.88.